The quantitative estimate of drug-likeness (QED) is 0.423. The van der Waals surface area contributed by atoms with Gasteiger partial charge >= 0.3 is 0 Å². The molecular weight excluding hydrogens is 349 g/mol. The Morgan fingerprint density at radius 3 is 2.40 bits per heavy atom. The number of non-ortho nitro benzene ring substituents is 1. The Labute approximate surface area is 145 Å². The molecule has 0 amide bonds. The third-order valence-corrected chi connectivity index (χ3v) is 5.05. The number of benzene rings is 2. The molecule has 0 aliphatic rings. The molecule has 0 unspecified atom stereocenters. The van der Waals surface area contributed by atoms with Gasteiger partial charge in [-0.15, -0.1) is 0 Å². The molecule has 7 nitrogen and oxygen atoms in total. The first-order chi connectivity index (χ1) is 11.8. The number of sulfonamides is 1. The number of nitro groups is 1. The van der Waals surface area contributed by atoms with Crippen LogP contribution in [0.25, 0.3) is 0 Å². The van der Waals surface area contributed by atoms with Gasteiger partial charge in [0.15, 0.2) is 0 Å². The molecule has 0 saturated heterocycles. The molecule has 0 aliphatic carbocycles. The molecule has 25 heavy (non-hydrogen) atoms. The van der Waals surface area contributed by atoms with Gasteiger partial charge in [-0.05, 0) is 42.3 Å². The predicted molar refractivity (Wildman–Crippen MR) is 91.1 cm³/mol. The number of halogens is 1. The van der Waals surface area contributed by atoms with E-state index in [1.165, 1.54) is 24.3 Å². The van der Waals surface area contributed by atoms with Crippen LogP contribution in [-0.4, -0.2) is 26.4 Å². The maximum absolute atomic E-state index is 13.0. The van der Waals surface area contributed by atoms with E-state index in [1.807, 2.05) is 0 Å². The zero-order valence-corrected chi connectivity index (χ0v) is 14.3. The molecule has 0 saturated carbocycles. The summed E-state index contributed by atoms with van der Waals surface area (Å²) in [4.78, 5) is 9.95. The fraction of sp³-hybridized carbons (Fsp3) is 0.250. The summed E-state index contributed by atoms with van der Waals surface area (Å²) in [5, 5.41) is 13.6. The second kappa shape index (κ2) is 8.15. The van der Waals surface area contributed by atoms with E-state index >= 15 is 0 Å². The van der Waals surface area contributed by atoms with Crippen molar-refractivity contribution in [2.24, 2.45) is 0 Å². The number of nitrogens with one attached hydrogen (secondary N) is 2. The molecule has 9 heteroatoms. The summed E-state index contributed by atoms with van der Waals surface area (Å²) in [6.45, 7) is 2.82. The smallest absolute Gasteiger partial charge is 0.269 e. The Morgan fingerprint density at radius 1 is 1.12 bits per heavy atom. The lowest BCUT2D eigenvalue weighted by Gasteiger charge is -2.09. The van der Waals surface area contributed by atoms with Gasteiger partial charge in [-0.1, -0.05) is 6.07 Å². The first-order valence-corrected chi connectivity index (χ1v) is 8.98. The molecule has 0 fully saturated rings. The number of hydrogen-bond acceptors (Lipinski definition) is 5. The Kier molecular flexibility index (Phi) is 6.18. The zero-order chi connectivity index (χ0) is 18.4. The lowest BCUT2D eigenvalue weighted by molar-refractivity contribution is -0.384. The molecule has 2 aromatic rings. The molecule has 0 radical (unpaired) electrons. The van der Waals surface area contributed by atoms with Crippen molar-refractivity contribution in [1.82, 2.24) is 10.0 Å². The fourth-order valence-electron chi connectivity index (χ4n) is 2.18. The van der Waals surface area contributed by atoms with Gasteiger partial charge in [0.25, 0.3) is 5.69 Å². The van der Waals surface area contributed by atoms with Gasteiger partial charge in [0.1, 0.15) is 5.82 Å². The van der Waals surface area contributed by atoms with E-state index in [9.17, 15) is 22.9 Å². The molecular formula is C16H18FN3O4S. The standard InChI is InChI=1S/C16H18FN3O4S/c1-12-10-14(17)3-2-13(12)11-18-8-9-19-25(23,24)16-6-4-15(5-7-16)20(21)22/h2-7,10,18-19H,8-9,11H2,1H3. The summed E-state index contributed by atoms with van der Waals surface area (Å²) in [7, 11) is -3.72. The molecule has 2 aromatic carbocycles. The van der Waals surface area contributed by atoms with Crippen molar-refractivity contribution in [2.75, 3.05) is 13.1 Å². The molecule has 0 aromatic heterocycles. The first-order valence-electron chi connectivity index (χ1n) is 7.49. The van der Waals surface area contributed by atoms with Gasteiger partial charge in [0.05, 0.1) is 9.82 Å². The summed E-state index contributed by atoms with van der Waals surface area (Å²) >= 11 is 0. The molecule has 0 aliphatic heterocycles. The van der Waals surface area contributed by atoms with E-state index in [1.54, 1.807) is 13.0 Å². The third-order valence-electron chi connectivity index (χ3n) is 3.57. The van der Waals surface area contributed by atoms with Crippen molar-refractivity contribution in [3.05, 3.63) is 69.5 Å². The van der Waals surface area contributed by atoms with Crippen molar-refractivity contribution in [1.29, 1.82) is 0 Å². The fourth-order valence-corrected chi connectivity index (χ4v) is 3.22. The van der Waals surface area contributed by atoms with Crippen LogP contribution >= 0.6 is 0 Å². The molecule has 2 N–H and O–H groups in total. The Hall–Kier alpha value is -2.36. The van der Waals surface area contributed by atoms with Crippen LogP contribution in [0.15, 0.2) is 47.4 Å². The van der Waals surface area contributed by atoms with Crippen LogP contribution in [0.3, 0.4) is 0 Å². The van der Waals surface area contributed by atoms with Gasteiger partial charge in [-0.3, -0.25) is 10.1 Å². The molecule has 0 heterocycles. The van der Waals surface area contributed by atoms with Gasteiger partial charge in [-0.2, -0.15) is 0 Å². The Balaban J connectivity index is 1.83. The second-order valence-electron chi connectivity index (χ2n) is 5.40. The van der Waals surface area contributed by atoms with Crippen molar-refractivity contribution in [3.8, 4) is 0 Å². The van der Waals surface area contributed by atoms with Gasteiger partial charge in [0, 0.05) is 31.8 Å². The van der Waals surface area contributed by atoms with Crippen LogP contribution in [0.4, 0.5) is 10.1 Å². The van der Waals surface area contributed by atoms with Crippen LogP contribution in [0.1, 0.15) is 11.1 Å². The molecule has 0 spiro atoms. The lowest BCUT2D eigenvalue weighted by atomic mass is 10.1. The molecule has 0 bridgehead atoms. The van der Waals surface area contributed by atoms with Crippen LogP contribution in [0, 0.1) is 22.9 Å². The third kappa shape index (κ3) is 5.31. The minimum absolute atomic E-state index is 0.0347. The average molecular weight is 367 g/mol. The van der Waals surface area contributed by atoms with Gasteiger partial charge in [-0.25, -0.2) is 17.5 Å². The number of rotatable bonds is 8. The summed E-state index contributed by atoms with van der Waals surface area (Å²) in [5.41, 5.74) is 1.58. The number of aryl methyl sites for hydroxylation is 1. The minimum atomic E-state index is -3.72. The van der Waals surface area contributed by atoms with Gasteiger partial charge in [0.2, 0.25) is 10.0 Å². The predicted octanol–water partition coefficient (Wildman–Crippen LogP) is 2.11. The Bertz CT molecular complexity index is 854. The maximum Gasteiger partial charge on any atom is 0.269 e. The van der Waals surface area contributed by atoms with Crippen molar-refractivity contribution < 1.29 is 17.7 Å². The van der Waals surface area contributed by atoms with E-state index in [-0.39, 0.29) is 22.9 Å². The zero-order valence-electron chi connectivity index (χ0n) is 13.5. The summed E-state index contributed by atoms with van der Waals surface area (Å²) in [5.74, 6) is -0.294. The molecule has 134 valence electrons. The van der Waals surface area contributed by atoms with E-state index in [0.29, 0.717) is 13.1 Å². The summed E-state index contributed by atoms with van der Waals surface area (Å²) < 4.78 is 39.6. The maximum atomic E-state index is 13.0. The topological polar surface area (TPSA) is 101 Å². The van der Waals surface area contributed by atoms with E-state index in [4.69, 9.17) is 0 Å². The van der Waals surface area contributed by atoms with Crippen molar-refractivity contribution >= 4 is 15.7 Å². The SMILES string of the molecule is Cc1cc(F)ccc1CNCCNS(=O)(=O)c1ccc([N+](=O)[O-])cc1. The highest BCUT2D eigenvalue weighted by molar-refractivity contribution is 7.89. The molecule has 0 atom stereocenters. The van der Waals surface area contributed by atoms with Crippen LogP contribution in [0.2, 0.25) is 0 Å². The summed E-state index contributed by atoms with van der Waals surface area (Å²) in [6.07, 6.45) is 0. The van der Waals surface area contributed by atoms with E-state index in [0.717, 1.165) is 23.3 Å². The number of hydrogen-bond donors (Lipinski definition) is 2. The minimum Gasteiger partial charge on any atom is -0.311 e. The van der Waals surface area contributed by atoms with Crippen LogP contribution in [0.5, 0.6) is 0 Å². The van der Waals surface area contributed by atoms with Crippen LogP contribution in [-0.2, 0) is 16.6 Å². The van der Waals surface area contributed by atoms with Crippen LogP contribution < -0.4 is 10.0 Å². The average Bonchev–Trinajstić information content (AvgIpc) is 2.56. The normalized spacial score (nSPS) is 11.4. The first kappa shape index (κ1) is 19.0. The second-order valence-corrected chi connectivity index (χ2v) is 7.16. The number of nitro benzene ring substituents is 1. The van der Waals surface area contributed by atoms with E-state index < -0.39 is 14.9 Å². The highest BCUT2D eigenvalue weighted by Gasteiger charge is 2.15. The lowest BCUT2D eigenvalue weighted by Crippen LogP contribution is -2.31. The highest BCUT2D eigenvalue weighted by atomic mass is 32.2. The molecule has 2 rings (SSSR count). The summed E-state index contributed by atoms with van der Waals surface area (Å²) in [6, 6.07) is 9.16. The van der Waals surface area contributed by atoms with Crippen molar-refractivity contribution in [2.45, 2.75) is 18.4 Å². The Morgan fingerprint density at radius 2 is 1.80 bits per heavy atom. The van der Waals surface area contributed by atoms with Crippen molar-refractivity contribution in [3.63, 3.8) is 0 Å². The monoisotopic (exact) mass is 367 g/mol. The van der Waals surface area contributed by atoms with E-state index in [2.05, 4.69) is 10.0 Å². The largest absolute Gasteiger partial charge is 0.311 e. The van der Waals surface area contributed by atoms with Gasteiger partial charge < -0.3 is 5.32 Å². The highest BCUT2D eigenvalue weighted by Crippen LogP contribution is 2.15. The number of nitrogens with zero attached hydrogens (tertiary/aromatic N) is 1.